The van der Waals surface area contributed by atoms with Crippen LogP contribution in [0.25, 0.3) is 0 Å². The molecule has 0 aromatic rings. The van der Waals surface area contributed by atoms with Crippen LogP contribution >= 0.6 is 0 Å². The molecule has 0 aliphatic rings. The van der Waals surface area contributed by atoms with Gasteiger partial charge in [-0.15, -0.1) is 0 Å². The lowest BCUT2D eigenvalue weighted by Crippen LogP contribution is -2.34. The van der Waals surface area contributed by atoms with Gasteiger partial charge in [-0.05, 0) is 26.2 Å². The summed E-state index contributed by atoms with van der Waals surface area (Å²) in [6, 6.07) is 0. The molecule has 0 aromatic heterocycles. The Kier molecular flexibility index (Phi) is 4.43. The van der Waals surface area contributed by atoms with E-state index >= 15 is 0 Å². The molecule has 68 valence electrons. The summed E-state index contributed by atoms with van der Waals surface area (Å²) < 4.78 is 4.50. The highest BCUT2D eigenvalue weighted by molar-refractivity contribution is 6.46. The lowest BCUT2D eigenvalue weighted by Gasteiger charge is -2.10. The molecule has 0 fully saturated rings. The van der Waals surface area contributed by atoms with Gasteiger partial charge in [-0.1, -0.05) is 0 Å². The second-order valence-corrected chi connectivity index (χ2v) is 2.69. The third-order valence-electron chi connectivity index (χ3n) is 1.24. The van der Waals surface area contributed by atoms with Crippen LogP contribution in [0, 0.1) is 0 Å². The zero-order chi connectivity index (χ0) is 9.72. The number of hydrogen-bond acceptors (Lipinski definition) is 4. The second kappa shape index (κ2) is 4.82. The third-order valence-corrected chi connectivity index (χ3v) is 1.24. The van der Waals surface area contributed by atoms with E-state index in [-0.39, 0.29) is 0 Å². The summed E-state index contributed by atoms with van der Waals surface area (Å²) in [7, 11) is 0.545. The number of rotatable bonds is 3. The van der Waals surface area contributed by atoms with Crippen molar-refractivity contribution in [3.63, 3.8) is 0 Å². The Balaban J connectivity index is 4.47. The van der Waals surface area contributed by atoms with E-state index in [0.29, 0.717) is 5.70 Å². The van der Waals surface area contributed by atoms with Crippen molar-refractivity contribution in [1.29, 1.82) is 0 Å². The molecule has 0 rings (SSSR count). The van der Waals surface area contributed by atoms with Crippen LogP contribution in [-0.2, 0) is 9.53 Å². The Morgan fingerprint density at radius 1 is 1.50 bits per heavy atom. The SMILES string of the molecule is COC(=O)C(NB(C)O)=C(C)C. The molecule has 0 heterocycles. The molecule has 0 radical (unpaired) electrons. The molecule has 4 nitrogen and oxygen atoms in total. The quantitative estimate of drug-likeness (QED) is 0.360. The summed E-state index contributed by atoms with van der Waals surface area (Å²) in [5.41, 5.74) is 1.09. The number of methoxy groups -OCH3 is 1. The molecular weight excluding hydrogens is 157 g/mol. The van der Waals surface area contributed by atoms with Crippen LogP contribution in [0.15, 0.2) is 11.3 Å². The first-order valence-corrected chi connectivity index (χ1v) is 3.69. The Morgan fingerprint density at radius 3 is 2.25 bits per heavy atom. The summed E-state index contributed by atoms with van der Waals surface area (Å²) in [5, 5.41) is 11.6. The molecule has 12 heavy (non-hydrogen) atoms. The normalized spacial score (nSPS) is 8.75. The molecule has 0 amide bonds. The predicted octanol–water partition coefficient (Wildman–Crippen LogP) is 0.153. The molecule has 2 N–H and O–H groups in total. The lowest BCUT2D eigenvalue weighted by molar-refractivity contribution is -0.136. The summed E-state index contributed by atoms with van der Waals surface area (Å²) in [6.07, 6.45) is 0. The van der Waals surface area contributed by atoms with Crippen molar-refractivity contribution in [1.82, 2.24) is 5.23 Å². The first kappa shape index (κ1) is 11.0. The summed E-state index contributed by atoms with van der Waals surface area (Å²) in [4.78, 5) is 11.0. The zero-order valence-corrected chi connectivity index (χ0v) is 7.84. The van der Waals surface area contributed by atoms with Gasteiger partial charge in [-0.2, -0.15) is 0 Å². The highest BCUT2D eigenvalue weighted by Gasteiger charge is 2.14. The highest BCUT2D eigenvalue weighted by atomic mass is 16.5. The van der Waals surface area contributed by atoms with Gasteiger partial charge in [-0.3, -0.25) is 0 Å². The minimum absolute atomic E-state index is 0.313. The van der Waals surface area contributed by atoms with E-state index < -0.39 is 13.0 Å². The minimum Gasteiger partial charge on any atom is -0.464 e. The van der Waals surface area contributed by atoms with E-state index in [0.717, 1.165) is 5.57 Å². The third kappa shape index (κ3) is 3.43. The van der Waals surface area contributed by atoms with Crippen LogP contribution in [-0.4, -0.2) is 25.2 Å². The van der Waals surface area contributed by atoms with Gasteiger partial charge in [0.05, 0.1) is 7.11 Å². The monoisotopic (exact) mass is 171 g/mol. The van der Waals surface area contributed by atoms with Crippen LogP contribution in [0.2, 0.25) is 6.82 Å². The fourth-order valence-corrected chi connectivity index (χ4v) is 0.718. The molecule has 0 atom stereocenters. The fraction of sp³-hybridized carbons (Fsp3) is 0.571. The van der Waals surface area contributed by atoms with Crippen LogP contribution in [0.5, 0.6) is 0 Å². The first-order chi connectivity index (χ1) is 5.49. The van der Waals surface area contributed by atoms with Gasteiger partial charge in [0, 0.05) is 0 Å². The number of hydrogen-bond donors (Lipinski definition) is 2. The number of esters is 1. The predicted molar refractivity (Wildman–Crippen MR) is 47.4 cm³/mol. The second-order valence-electron chi connectivity index (χ2n) is 2.69. The molecule has 0 aliphatic heterocycles. The van der Waals surface area contributed by atoms with Crippen LogP contribution < -0.4 is 5.23 Å². The Labute approximate surface area is 72.7 Å². The van der Waals surface area contributed by atoms with E-state index in [9.17, 15) is 4.79 Å². The average molecular weight is 171 g/mol. The van der Waals surface area contributed by atoms with Crippen LogP contribution in [0.1, 0.15) is 13.8 Å². The fourth-order valence-electron chi connectivity index (χ4n) is 0.718. The smallest absolute Gasteiger partial charge is 0.407 e. The standard InChI is InChI=1S/C7H14BNO3/c1-5(2)6(7(10)12-4)9-8(3)11/h9,11H,1-4H3. The largest absolute Gasteiger partial charge is 0.464 e. The summed E-state index contributed by atoms with van der Waals surface area (Å²) in [5.74, 6) is -0.462. The maximum Gasteiger partial charge on any atom is 0.407 e. The topological polar surface area (TPSA) is 58.6 Å². The number of carbonyl (C=O) groups excluding carboxylic acids is 1. The van der Waals surface area contributed by atoms with E-state index in [1.807, 2.05) is 0 Å². The van der Waals surface area contributed by atoms with Crippen molar-refractivity contribution >= 4 is 13.0 Å². The molecule has 0 aromatic carbocycles. The lowest BCUT2D eigenvalue weighted by atomic mass is 9.88. The maximum atomic E-state index is 11.0. The minimum atomic E-state index is -0.756. The zero-order valence-electron chi connectivity index (χ0n) is 7.84. The van der Waals surface area contributed by atoms with Gasteiger partial charge in [0.15, 0.2) is 0 Å². The summed E-state index contributed by atoms with van der Waals surface area (Å²) >= 11 is 0. The van der Waals surface area contributed by atoms with Crippen molar-refractivity contribution in [2.75, 3.05) is 7.11 Å². The van der Waals surface area contributed by atoms with E-state index in [1.54, 1.807) is 13.8 Å². The van der Waals surface area contributed by atoms with Gasteiger partial charge in [0.25, 0.3) is 0 Å². The number of ether oxygens (including phenoxy) is 1. The molecule has 0 saturated heterocycles. The van der Waals surface area contributed by atoms with Gasteiger partial charge in [-0.25, -0.2) is 4.79 Å². The van der Waals surface area contributed by atoms with E-state index in [4.69, 9.17) is 5.02 Å². The molecular formula is C7H14BNO3. The molecule has 0 spiro atoms. The molecule has 5 heteroatoms. The molecule has 0 saturated carbocycles. The van der Waals surface area contributed by atoms with Crippen molar-refractivity contribution < 1.29 is 14.6 Å². The Bertz CT molecular complexity index is 197. The maximum absolute atomic E-state index is 11.0. The Hall–Kier alpha value is -0.965. The van der Waals surface area contributed by atoms with E-state index in [2.05, 4.69) is 9.96 Å². The van der Waals surface area contributed by atoms with Gasteiger partial charge in [0.2, 0.25) is 0 Å². The van der Waals surface area contributed by atoms with Crippen LogP contribution in [0.4, 0.5) is 0 Å². The average Bonchev–Trinajstić information content (AvgIpc) is 1.98. The summed E-state index contributed by atoms with van der Waals surface area (Å²) in [6.45, 7) is 5.06. The van der Waals surface area contributed by atoms with Crippen molar-refractivity contribution in [2.45, 2.75) is 20.7 Å². The van der Waals surface area contributed by atoms with Gasteiger partial charge < -0.3 is 15.0 Å². The van der Waals surface area contributed by atoms with Gasteiger partial charge >= 0.3 is 13.0 Å². The van der Waals surface area contributed by atoms with Crippen molar-refractivity contribution in [3.8, 4) is 0 Å². The first-order valence-electron chi connectivity index (χ1n) is 3.69. The molecule has 0 unspecified atom stereocenters. The highest BCUT2D eigenvalue weighted by Crippen LogP contribution is 2.01. The van der Waals surface area contributed by atoms with Crippen molar-refractivity contribution in [2.24, 2.45) is 0 Å². The van der Waals surface area contributed by atoms with Gasteiger partial charge in [0.1, 0.15) is 5.70 Å². The molecule has 0 bridgehead atoms. The molecule has 0 aliphatic carbocycles. The number of carbonyl (C=O) groups is 1. The Morgan fingerprint density at radius 2 is 2.00 bits per heavy atom. The van der Waals surface area contributed by atoms with Crippen LogP contribution in [0.3, 0.4) is 0 Å². The number of nitrogens with one attached hydrogen (secondary N) is 1. The van der Waals surface area contributed by atoms with E-state index in [1.165, 1.54) is 13.9 Å². The number of allylic oxidation sites excluding steroid dienone is 1. The van der Waals surface area contributed by atoms with Crippen molar-refractivity contribution in [3.05, 3.63) is 11.3 Å².